The zero-order chi connectivity index (χ0) is 8.77. The maximum Gasteiger partial charge on any atom is 0.320 e. The molecule has 0 bridgehead atoms. The molecule has 1 aliphatic rings. The van der Waals surface area contributed by atoms with Gasteiger partial charge >= 0.3 is 5.97 Å². The summed E-state index contributed by atoms with van der Waals surface area (Å²) in [4.78, 5) is 10.9. The Morgan fingerprint density at radius 1 is 1.75 bits per heavy atom. The van der Waals surface area contributed by atoms with E-state index in [1.54, 1.807) is 18.3 Å². The molecule has 0 aromatic carbocycles. The predicted octanol–water partition coefficient (Wildman–Crippen LogP) is 2.24. The number of aliphatic carboxylic acids is 1. The van der Waals surface area contributed by atoms with Crippen LogP contribution in [0.4, 0.5) is 0 Å². The summed E-state index contributed by atoms with van der Waals surface area (Å²) in [6.45, 7) is 1.78. The summed E-state index contributed by atoms with van der Waals surface area (Å²) in [7, 11) is 0. The minimum absolute atomic E-state index is 0.623. The topological polar surface area (TPSA) is 37.3 Å². The van der Waals surface area contributed by atoms with Gasteiger partial charge in [0.05, 0.1) is 4.21 Å². The van der Waals surface area contributed by atoms with Gasteiger partial charge in [0.2, 0.25) is 0 Å². The Hall–Kier alpha value is -0.480. The molecule has 64 valence electrons. The van der Waals surface area contributed by atoms with E-state index < -0.39 is 10.7 Å². The lowest BCUT2D eigenvalue weighted by Gasteiger charge is -2.15. The molecule has 12 heavy (non-hydrogen) atoms. The van der Waals surface area contributed by atoms with E-state index >= 15 is 0 Å². The Balaban J connectivity index is 2.32. The average molecular weight is 200 g/mol. The molecule has 1 aliphatic heterocycles. The summed E-state index contributed by atoms with van der Waals surface area (Å²) in [5.74, 6) is -0.712. The van der Waals surface area contributed by atoms with Crippen molar-refractivity contribution in [2.45, 2.75) is 22.3 Å². The maximum absolute atomic E-state index is 10.9. The first-order valence-corrected chi connectivity index (χ1v) is 5.30. The molecule has 4 heteroatoms. The zero-order valence-electron chi connectivity index (χ0n) is 6.53. The summed E-state index contributed by atoms with van der Waals surface area (Å²) in [6, 6.07) is 2.02. The van der Waals surface area contributed by atoms with Gasteiger partial charge in [0, 0.05) is 0 Å². The molecule has 0 fully saturated rings. The SMILES string of the molecule is CC1(C(=O)O)Cc2ccsc2S1. The highest BCUT2D eigenvalue weighted by atomic mass is 32.2. The van der Waals surface area contributed by atoms with Gasteiger partial charge in [0.15, 0.2) is 0 Å². The van der Waals surface area contributed by atoms with Crippen molar-refractivity contribution in [3.63, 3.8) is 0 Å². The van der Waals surface area contributed by atoms with Crippen molar-refractivity contribution in [2.24, 2.45) is 0 Å². The number of carbonyl (C=O) groups is 1. The van der Waals surface area contributed by atoms with Crippen LogP contribution in [0.15, 0.2) is 15.7 Å². The Bertz CT molecular complexity index is 309. The summed E-state index contributed by atoms with van der Waals surface area (Å²) in [5, 5.41) is 11.0. The number of thioether (sulfide) groups is 1. The van der Waals surface area contributed by atoms with E-state index in [4.69, 9.17) is 5.11 Å². The van der Waals surface area contributed by atoms with Crippen LogP contribution in [-0.2, 0) is 11.2 Å². The highest BCUT2D eigenvalue weighted by Crippen LogP contribution is 2.47. The Morgan fingerprint density at radius 3 is 3.08 bits per heavy atom. The van der Waals surface area contributed by atoms with Crippen LogP contribution in [0.1, 0.15) is 12.5 Å². The van der Waals surface area contributed by atoms with Crippen LogP contribution in [0.2, 0.25) is 0 Å². The van der Waals surface area contributed by atoms with Crippen LogP contribution >= 0.6 is 23.1 Å². The number of hydrogen-bond donors (Lipinski definition) is 1. The standard InChI is InChI=1S/C8H8O2S2/c1-8(7(9)10)4-5-2-3-11-6(5)12-8/h2-3H,4H2,1H3,(H,9,10). The van der Waals surface area contributed by atoms with Gasteiger partial charge in [0.1, 0.15) is 4.75 Å². The number of fused-ring (bicyclic) bond motifs is 1. The highest BCUT2D eigenvalue weighted by molar-refractivity contribution is 8.03. The molecule has 0 radical (unpaired) electrons. The molecule has 0 saturated carbocycles. The molecular formula is C8H8O2S2. The van der Waals surface area contributed by atoms with Crippen molar-refractivity contribution in [2.75, 3.05) is 0 Å². The second kappa shape index (κ2) is 2.50. The van der Waals surface area contributed by atoms with Crippen molar-refractivity contribution in [1.29, 1.82) is 0 Å². The van der Waals surface area contributed by atoms with E-state index in [2.05, 4.69) is 0 Å². The van der Waals surface area contributed by atoms with E-state index in [-0.39, 0.29) is 0 Å². The van der Waals surface area contributed by atoms with Gasteiger partial charge in [-0.15, -0.1) is 11.3 Å². The van der Waals surface area contributed by atoms with E-state index in [9.17, 15) is 4.79 Å². The second-order valence-electron chi connectivity index (χ2n) is 3.05. The zero-order valence-corrected chi connectivity index (χ0v) is 8.17. The van der Waals surface area contributed by atoms with Gasteiger partial charge in [0.25, 0.3) is 0 Å². The smallest absolute Gasteiger partial charge is 0.320 e. The van der Waals surface area contributed by atoms with Gasteiger partial charge in [-0.05, 0) is 30.4 Å². The van der Waals surface area contributed by atoms with Gasteiger partial charge in [-0.25, -0.2) is 0 Å². The largest absolute Gasteiger partial charge is 0.480 e. The van der Waals surface area contributed by atoms with Crippen LogP contribution in [0.3, 0.4) is 0 Å². The third-order valence-electron chi connectivity index (χ3n) is 2.00. The first kappa shape index (κ1) is 8.13. The third-order valence-corrected chi connectivity index (χ3v) is 4.51. The summed E-state index contributed by atoms with van der Waals surface area (Å²) >= 11 is 3.10. The number of carboxylic acid groups (broad SMARTS) is 1. The van der Waals surface area contributed by atoms with E-state index in [1.807, 2.05) is 11.4 Å². The maximum atomic E-state index is 10.9. The number of rotatable bonds is 1. The monoisotopic (exact) mass is 200 g/mol. The average Bonchev–Trinajstić information content (AvgIpc) is 2.44. The molecular weight excluding hydrogens is 192 g/mol. The molecule has 0 amide bonds. The predicted molar refractivity (Wildman–Crippen MR) is 49.9 cm³/mol. The molecule has 2 rings (SSSR count). The van der Waals surface area contributed by atoms with E-state index in [0.717, 1.165) is 0 Å². The molecule has 0 aliphatic carbocycles. The number of thiophene rings is 1. The second-order valence-corrected chi connectivity index (χ2v) is 5.74. The lowest BCUT2D eigenvalue weighted by atomic mass is 10.0. The molecule has 1 aromatic rings. The molecule has 0 saturated heterocycles. The van der Waals surface area contributed by atoms with Crippen LogP contribution in [0.25, 0.3) is 0 Å². The quantitative estimate of drug-likeness (QED) is 0.755. The minimum Gasteiger partial charge on any atom is -0.480 e. The van der Waals surface area contributed by atoms with Gasteiger partial charge < -0.3 is 5.11 Å². The van der Waals surface area contributed by atoms with Crippen molar-refractivity contribution in [1.82, 2.24) is 0 Å². The van der Waals surface area contributed by atoms with E-state index in [1.165, 1.54) is 21.5 Å². The van der Waals surface area contributed by atoms with Crippen molar-refractivity contribution in [3.8, 4) is 0 Å². The van der Waals surface area contributed by atoms with Gasteiger partial charge in [-0.3, -0.25) is 4.79 Å². The minimum atomic E-state index is -0.712. The van der Waals surface area contributed by atoms with Gasteiger partial charge in [-0.1, -0.05) is 11.8 Å². The van der Waals surface area contributed by atoms with Crippen molar-refractivity contribution < 1.29 is 9.90 Å². The normalized spacial score (nSPS) is 27.1. The number of carboxylic acids is 1. The van der Waals surface area contributed by atoms with Crippen LogP contribution in [-0.4, -0.2) is 15.8 Å². The number of hydrogen-bond acceptors (Lipinski definition) is 3. The first-order valence-electron chi connectivity index (χ1n) is 3.60. The Labute approximate surface area is 78.6 Å². The molecule has 1 unspecified atom stereocenters. The third kappa shape index (κ3) is 1.06. The highest BCUT2D eigenvalue weighted by Gasteiger charge is 2.41. The molecule has 1 N–H and O–H groups in total. The molecule has 2 heterocycles. The van der Waals surface area contributed by atoms with Crippen molar-refractivity contribution in [3.05, 3.63) is 17.0 Å². The lowest BCUT2D eigenvalue weighted by Crippen LogP contribution is -2.30. The van der Waals surface area contributed by atoms with Crippen LogP contribution in [0, 0.1) is 0 Å². The summed E-state index contributed by atoms with van der Waals surface area (Å²) < 4.78 is 0.544. The Kier molecular flexibility index (Phi) is 1.70. The Morgan fingerprint density at radius 2 is 2.50 bits per heavy atom. The first-order chi connectivity index (χ1) is 5.62. The molecule has 1 atom stereocenters. The fourth-order valence-corrected chi connectivity index (χ4v) is 3.82. The fourth-order valence-electron chi connectivity index (χ4n) is 1.27. The molecule has 0 spiro atoms. The summed E-state index contributed by atoms with van der Waals surface area (Å²) in [6.07, 6.45) is 0.659. The van der Waals surface area contributed by atoms with Crippen molar-refractivity contribution >= 4 is 29.1 Å². The molecule has 1 aromatic heterocycles. The summed E-state index contributed by atoms with van der Waals surface area (Å²) in [5.41, 5.74) is 1.19. The van der Waals surface area contributed by atoms with E-state index in [0.29, 0.717) is 6.42 Å². The van der Waals surface area contributed by atoms with Crippen LogP contribution < -0.4 is 0 Å². The lowest BCUT2D eigenvalue weighted by molar-refractivity contribution is -0.139. The molecule has 2 nitrogen and oxygen atoms in total. The van der Waals surface area contributed by atoms with Gasteiger partial charge in [-0.2, -0.15) is 0 Å². The fraction of sp³-hybridized carbons (Fsp3) is 0.375. The van der Waals surface area contributed by atoms with Crippen LogP contribution in [0.5, 0.6) is 0 Å².